The van der Waals surface area contributed by atoms with Gasteiger partial charge in [0.05, 0.1) is 0 Å². The van der Waals surface area contributed by atoms with Gasteiger partial charge in [0, 0.05) is 0 Å². The van der Waals surface area contributed by atoms with Gasteiger partial charge in [0.25, 0.3) is 0 Å². The molecule has 0 fully saturated rings. The van der Waals surface area contributed by atoms with Crippen molar-refractivity contribution in [2.24, 2.45) is 0 Å². The summed E-state index contributed by atoms with van der Waals surface area (Å²) < 4.78 is 0. The molecule has 0 bridgehead atoms. The Morgan fingerprint density at radius 2 is 1.75 bits per heavy atom. The van der Waals surface area contributed by atoms with Crippen LogP contribution in [0.4, 0.5) is 0 Å². The monoisotopic (exact) mass is 149 g/mol. The van der Waals surface area contributed by atoms with E-state index in [0.29, 0.717) is 0 Å². The maximum absolute atomic E-state index is 2.18. The zero-order valence-corrected chi connectivity index (χ0v) is 8.21. The molecule has 0 saturated carbocycles. The topological polar surface area (TPSA) is 3.24 Å². The molecule has 8 heavy (non-hydrogen) atoms. The molecule has 0 unspecified atom stereocenters. The average Bonchev–Trinajstić information content (AvgIpc) is 1.35. The van der Waals surface area contributed by atoms with Crippen molar-refractivity contribution in [1.82, 2.24) is 4.90 Å². The molecule has 0 heterocycles. The summed E-state index contributed by atoms with van der Waals surface area (Å²) in [5, 5.41) is 0. The molecule has 0 rings (SSSR count). The summed E-state index contributed by atoms with van der Waals surface area (Å²) in [6.07, 6.45) is 1.26. The van der Waals surface area contributed by atoms with E-state index in [9.17, 15) is 0 Å². The summed E-state index contributed by atoms with van der Waals surface area (Å²) in [4.78, 5) is 2.18. The summed E-state index contributed by atoms with van der Waals surface area (Å²) in [6, 6.07) is 0. The van der Waals surface area contributed by atoms with Gasteiger partial charge in [-0.2, -0.15) is 0 Å². The number of rotatable bonds is 2. The van der Waals surface area contributed by atoms with Crippen molar-refractivity contribution in [3.05, 3.63) is 0 Å². The van der Waals surface area contributed by atoms with Gasteiger partial charge in [0.2, 0.25) is 0 Å². The van der Waals surface area contributed by atoms with Crippen molar-refractivity contribution >= 4 is 35.5 Å². The Kier molecular flexibility index (Phi) is 21.8. The van der Waals surface area contributed by atoms with E-state index in [1.807, 2.05) is 0 Å². The van der Waals surface area contributed by atoms with Gasteiger partial charge in [-0.1, -0.05) is 6.92 Å². The first-order valence-electron chi connectivity index (χ1n) is 2.42. The van der Waals surface area contributed by atoms with Crippen LogP contribution < -0.4 is 0 Å². The maximum atomic E-state index is 2.18. The molecule has 0 aromatic carbocycles. The molecule has 0 amide bonds. The van der Waals surface area contributed by atoms with Crippen molar-refractivity contribution < 1.29 is 2.85 Å². The van der Waals surface area contributed by atoms with E-state index in [4.69, 9.17) is 0 Å². The van der Waals surface area contributed by atoms with E-state index >= 15 is 0 Å². The van der Waals surface area contributed by atoms with E-state index < -0.39 is 0 Å². The fourth-order valence-electron chi connectivity index (χ4n) is 0.447. The molecule has 0 aromatic rings. The summed E-state index contributed by atoms with van der Waals surface area (Å²) in [6.45, 7) is 3.39. The Morgan fingerprint density at radius 1 is 1.38 bits per heavy atom. The summed E-state index contributed by atoms with van der Waals surface area (Å²) >= 11 is 0. The van der Waals surface area contributed by atoms with E-state index in [0.717, 1.165) is 0 Å². The molecular formula is C5H16ClMgN. The summed E-state index contributed by atoms with van der Waals surface area (Å²) in [5.41, 5.74) is 0. The van der Waals surface area contributed by atoms with Crippen LogP contribution in [0.2, 0.25) is 0 Å². The van der Waals surface area contributed by atoms with Crippen LogP contribution in [-0.2, 0) is 0 Å². The summed E-state index contributed by atoms with van der Waals surface area (Å²) in [7, 11) is 4.17. The van der Waals surface area contributed by atoms with Crippen molar-refractivity contribution in [3.8, 4) is 0 Å². The molecule has 0 aliphatic heterocycles. The minimum absolute atomic E-state index is 0. The third-order valence-electron chi connectivity index (χ3n) is 0.671. The van der Waals surface area contributed by atoms with Crippen LogP contribution in [0.25, 0.3) is 0 Å². The zero-order chi connectivity index (χ0) is 4.99. The molecule has 0 aliphatic rings. The molecule has 0 atom stereocenters. The molecule has 0 spiro atoms. The van der Waals surface area contributed by atoms with E-state index in [1.54, 1.807) is 0 Å². The van der Waals surface area contributed by atoms with Gasteiger partial charge < -0.3 is 7.75 Å². The molecule has 0 radical (unpaired) electrons. The van der Waals surface area contributed by atoms with Gasteiger partial charge in [0.15, 0.2) is 0 Å². The second-order valence-electron chi connectivity index (χ2n) is 1.80. The van der Waals surface area contributed by atoms with Crippen LogP contribution in [0, 0.1) is 0 Å². The molecular weight excluding hydrogens is 134 g/mol. The molecule has 1 nitrogen and oxygen atoms in total. The first kappa shape index (κ1) is 16.0. The summed E-state index contributed by atoms with van der Waals surface area (Å²) in [5.74, 6) is 0. The second kappa shape index (κ2) is 10.9. The van der Waals surface area contributed by atoms with E-state index in [1.165, 1.54) is 13.0 Å². The van der Waals surface area contributed by atoms with E-state index in [2.05, 4.69) is 25.9 Å². The molecule has 0 aromatic heterocycles. The molecule has 50 valence electrons. The smallest absolute Gasteiger partial charge is 1.00 e. The predicted molar refractivity (Wildman–Crippen MR) is 44.1 cm³/mol. The Labute approximate surface area is 77.4 Å². The Morgan fingerprint density at radius 3 is 1.75 bits per heavy atom. The standard InChI is InChI=1S/C5H13N.ClH.Mg.2H/c1-4-5-6(2)3;;;;/h4-5H2,1-3H3;1H;;;/q;;+2;2*-1. The molecule has 0 saturated heterocycles. The third-order valence-corrected chi connectivity index (χ3v) is 0.671. The Bertz CT molecular complexity index is 40.8. The third kappa shape index (κ3) is 15.7. The van der Waals surface area contributed by atoms with Crippen LogP contribution >= 0.6 is 12.4 Å². The SMILES string of the molecule is CCCN(C)C.Cl.[H-].[H-].[Mg+2]. The minimum atomic E-state index is 0. The number of halogens is 1. The normalized spacial score (nSPS) is 7.50. The maximum Gasteiger partial charge on any atom is 2.00 e. The van der Waals surface area contributed by atoms with Gasteiger partial charge in [0.1, 0.15) is 0 Å². The van der Waals surface area contributed by atoms with Crippen LogP contribution in [0.5, 0.6) is 0 Å². The van der Waals surface area contributed by atoms with Crippen molar-refractivity contribution in [1.29, 1.82) is 0 Å². The number of hydrogen-bond acceptors (Lipinski definition) is 1. The van der Waals surface area contributed by atoms with Gasteiger partial charge in [-0.05, 0) is 27.1 Å². The molecule has 0 N–H and O–H groups in total. The van der Waals surface area contributed by atoms with Crippen LogP contribution in [0.3, 0.4) is 0 Å². The first-order valence-corrected chi connectivity index (χ1v) is 2.42. The molecule has 3 heteroatoms. The van der Waals surface area contributed by atoms with Crippen LogP contribution in [0.1, 0.15) is 16.2 Å². The first-order chi connectivity index (χ1) is 2.77. The van der Waals surface area contributed by atoms with Gasteiger partial charge in [-0.15, -0.1) is 12.4 Å². The Balaban J connectivity index is -0.0000000208. The van der Waals surface area contributed by atoms with Crippen molar-refractivity contribution in [3.63, 3.8) is 0 Å². The van der Waals surface area contributed by atoms with Crippen LogP contribution in [0.15, 0.2) is 0 Å². The molecule has 0 aliphatic carbocycles. The largest absolute Gasteiger partial charge is 2.00 e. The van der Waals surface area contributed by atoms with Gasteiger partial charge in [-0.25, -0.2) is 0 Å². The zero-order valence-electron chi connectivity index (χ0n) is 7.98. The Hall–Kier alpha value is 1.02. The van der Waals surface area contributed by atoms with Crippen LogP contribution in [-0.4, -0.2) is 48.6 Å². The predicted octanol–water partition coefficient (Wildman–Crippen LogP) is 1.22. The van der Waals surface area contributed by atoms with Crippen molar-refractivity contribution in [2.45, 2.75) is 13.3 Å². The van der Waals surface area contributed by atoms with Crippen molar-refractivity contribution in [2.75, 3.05) is 20.6 Å². The quantitative estimate of drug-likeness (QED) is 0.535. The fraction of sp³-hybridized carbons (Fsp3) is 1.00. The minimum Gasteiger partial charge on any atom is -1.00 e. The fourth-order valence-corrected chi connectivity index (χ4v) is 0.447. The number of hydrogen-bond donors (Lipinski definition) is 0. The number of nitrogens with zero attached hydrogens (tertiary/aromatic N) is 1. The van der Waals surface area contributed by atoms with Gasteiger partial charge >= 0.3 is 23.1 Å². The van der Waals surface area contributed by atoms with Gasteiger partial charge in [-0.3, -0.25) is 0 Å². The second-order valence-corrected chi connectivity index (χ2v) is 1.80. The van der Waals surface area contributed by atoms with E-state index in [-0.39, 0.29) is 38.3 Å². The average molecular weight is 150 g/mol.